The van der Waals surface area contributed by atoms with Crippen molar-refractivity contribution < 1.29 is 156 Å². The minimum absolute atomic E-state index is 0. The molecular formula is CeGdLaTb. The molecule has 0 amide bonds. The summed E-state index contributed by atoms with van der Waals surface area (Å²) in [6, 6.07) is 0. The first-order valence-corrected chi connectivity index (χ1v) is 0. The van der Waals surface area contributed by atoms with Gasteiger partial charge in [0.15, 0.2) is 0 Å². The van der Waals surface area contributed by atoms with Crippen molar-refractivity contribution in [3.8, 4) is 0 Å². The van der Waals surface area contributed by atoms with Gasteiger partial charge in [-0.15, -0.1) is 0 Å². The van der Waals surface area contributed by atoms with Gasteiger partial charge in [-0.3, -0.25) is 0 Å². The molecule has 0 aromatic rings. The van der Waals surface area contributed by atoms with E-state index in [9.17, 15) is 0 Å². The summed E-state index contributed by atoms with van der Waals surface area (Å²) in [5, 5.41) is 0. The molecule has 0 heterocycles. The number of hydrogen-bond acceptors (Lipinski definition) is 0. The average Bonchev–Trinajstić information content (AvgIpc) is 0. The Morgan fingerprint density at radius 1 is 1.00 bits per heavy atom. The fourth-order valence-corrected chi connectivity index (χ4v) is 0. The first kappa shape index (κ1) is 22.9. The third-order valence-corrected chi connectivity index (χ3v) is 0. The van der Waals surface area contributed by atoms with E-state index in [0.29, 0.717) is 0 Å². The van der Waals surface area contributed by atoms with Crippen LogP contribution in [0.5, 0.6) is 0 Å². The van der Waals surface area contributed by atoms with E-state index in [1.54, 1.807) is 0 Å². The van der Waals surface area contributed by atoms with Gasteiger partial charge in [0.2, 0.25) is 0 Å². The SMILES string of the molecule is [Ce].[Gd].[La].[Tb]. The topological polar surface area (TPSA) is 0 Å². The van der Waals surface area contributed by atoms with Gasteiger partial charge in [0, 0.05) is 156 Å². The van der Waals surface area contributed by atoms with Gasteiger partial charge in [-0.25, -0.2) is 0 Å². The molecule has 0 N–H and O–H groups in total. The van der Waals surface area contributed by atoms with Crippen LogP contribution >= 0.6 is 0 Å². The van der Waals surface area contributed by atoms with E-state index in [-0.39, 0.29) is 156 Å². The molecule has 4 heavy (non-hydrogen) atoms. The molecule has 0 fully saturated rings. The van der Waals surface area contributed by atoms with Crippen LogP contribution in [0.3, 0.4) is 0 Å². The van der Waals surface area contributed by atoms with Gasteiger partial charge in [-0.1, -0.05) is 0 Å². The minimum atomic E-state index is 0. The molecule has 0 aliphatic rings. The zero-order valence-corrected chi connectivity index (χ0v) is 12.9. The Bertz CT molecular complexity index is 8.00. The summed E-state index contributed by atoms with van der Waals surface area (Å²) in [6.07, 6.45) is 0. The zero-order chi connectivity index (χ0) is 0. The van der Waals surface area contributed by atoms with Crippen LogP contribution in [0, 0.1) is 156 Å². The van der Waals surface area contributed by atoms with Crippen molar-refractivity contribution in [3.05, 3.63) is 0 Å². The quantitative estimate of drug-likeness (QED) is 0.371. The maximum absolute atomic E-state index is 0. The largest absolute Gasteiger partial charge is 0 e. The van der Waals surface area contributed by atoms with Crippen molar-refractivity contribution in [2.24, 2.45) is 0 Å². The summed E-state index contributed by atoms with van der Waals surface area (Å²) in [7, 11) is 0. The molecule has 0 nitrogen and oxygen atoms in total. The van der Waals surface area contributed by atoms with Crippen molar-refractivity contribution in [2.75, 3.05) is 0 Å². The van der Waals surface area contributed by atoms with Gasteiger partial charge in [-0.2, -0.15) is 0 Å². The van der Waals surface area contributed by atoms with Gasteiger partial charge in [0.05, 0.1) is 0 Å². The van der Waals surface area contributed by atoms with Crippen molar-refractivity contribution >= 4 is 0 Å². The van der Waals surface area contributed by atoms with Gasteiger partial charge in [-0.05, 0) is 0 Å². The van der Waals surface area contributed by atoms with Crippen molar-refractivity contribution in [2.45, 2.75) is 0 Å². The molecule has 24 valence electrons. The van der Waals surface area contributed by atoms with Crippen LogP contribution in [0.1, 0.15) is 0 Å². The molecule has 4 heteroatoms. The summed E-state index contributed by atoms with van der Waals surface area (Å²) >= 11 is 0. The van der Waals surface area contributed by atoms with E-state index >= 15 is 0 Å². The third-order valence-electron chi connectivity index (χ3n) is 0. The molecule has 0 spiro atoms. The Morgan fingerprint density at radius 3 is 1.00 bits per heavy atom. The fraction of sp³-hybridized carbons (Fsp3) is 0. The Kier molecular flexibility index (Phi) is 89.9. The molecule has 0 bridgehead atoms. The van der Waals surface area contributed by atoms with Crippen LogP contribution < -0.4 is 0 Å². The predicted molar refractivity (Wildman–Crippen MR) is 0 cm³/mol. The van der Waals surface area contributed by atoms with Crippen LogP contribution in [-0.4, -0.2) is 0 Å². The molecule has 0 saturated heterocycles. The second-order valence-electron chi connectivity index (χ2n) is 0. The normalized spacial score (nSPS) is 0. The average molecular weight is 595 g/mol. The first-order chi connectivity index (χ1) is 0. The minimum Gasteiger partial charge on any atom is 0 e. The molecule has 0 atom stereocenters. The molecule has 0 aliphatic heterocycles. The van der Waals surface area contributed by atoms with Crippen LogP contribution in [-0.2, 0) is 0 Å². The van der Waals surface area contributed by atoms with Crippen molar-refractivity contribution in [1.29, 1.82) is 0 Å². The Hall–Kier alpha value is 5.18. The van der Waals surface area contributed by atoms with Crippen LogP contribution in [0.4, 0.5) is 0 Å². The van der Waals surface area contributed by atoms with Gasteiger partial charge in [0.25, 0.3) is 0 Å². The summed E-state index contributed by atoms with van der Waals surface area (Å²) < 4.78 is 0. The first-order valence-electron chi connectivity index (χ1n) is 0. The summed E-state index contributed by atoms with van der Waals surface area (Å²) in [6.45, 7) is 0. The molecule has 2 radical (unpaired) electrons. The van der Waals surface area contributed by atoms with Gasteiger partial charge in [0.1, 0.15) is 0 Å². The second kappa shape index (κ2) is 15.7. The summed E-state index contributed by atoms with van der Waals surface area (Å²) in [5.41, 5.74) is 0. The standard InChI is InChI=1S/Ce.Gd.La.Tb. The number of hydrogen-bond donors (Lipinski definition) is 0. The fourth-order valence-electron chi connectivity index (χ4n) is 0. The van der Waals surface area contributed by atoms with E-state index in [1.807, 2.05) is 0 Å². The predicted octanol–water partition coefficient (Wildman–Crippen LogP) is 0. The smallest absolute Gasteiger partial charge is 0 e. The Morgan fingerprint density at radius 2 is 1.00 bits per heavy atom. The molecule has 0 aromatic carbocycles. The van der Waals surface area contributed by atoms with E-state index in [0.717, 1.165) is 0 Å². The van der Waals surface area contributed by atoms with E-state index in [2.05, 4.69) is 0 Å². The maximum atomic E-state index is 0. The Balaban J connectivity index is 0. The second-order valence-corrected chi connectivity index (χ2v) is 0. The molecule has 0 unspecified atom stereocenters. The molecule has 0 saturated carbocycles. The van der Waals surface area contributed by atoms with Gasteiger partial charge >= 0.3 is 0 Å². The molecule has 0 aliphatic carbocycles. The third kappa shape index (κ3) is 10.2. The van der Waals surface area contributed by atoms with E-state index < -0.39 is 0 Å². The molecule has 0 aromatic heterocycles. The van der Waals surface area contributed by atoms with Crippen LogP contribution in [0.15, 0.2) is 0 Å². The zero-order valence-electron chi connectivity index (χ0n) is 1.76. The van der Waals surface area contributed by atoms with Crippen molar-refractivity contribution in [1.82, 2.24) is 0 Å². The summed E-state index contributed by atoms with van der Waals surface area (Å²) in [4.78, 5) is 0. The monoisotopic (exact) mass is 596 g/mol. The maximum Gasteiger partial charge on any atom is 0 e. The number of rotatable bonds is 0. The summed E-state index contributed by atoms with van der Waals surface area (Å²) in [5.74, 6) is 0. The molecule has 0 rings (SSSR count). The van der Waals surface area contributed by atoms with Gasteiger partial charge < -0.3 is 0 Å². The van der Waals surface area contributed by atoms with Crippen molar-refractivity contribution in [3.63, 3.8) is 0 Å². The van der Waals surface area contributed by atoms with E-state index in [4.69, 9.17) is 0 Å². The Labute approximate surface area is 150 Å². The molecular weight excluding hydrogens is 595 g/mol. The van der Waals surface area contributed by atoms with E-state index in [1.165, 1.54) is 0 Å². The van der Waals surface area contributed by atoms with Crippen LogP contribution in [0.2, 0.25) is 0 Å². The van der Waals surface area contributed by atoms with Crippen LogP contribution in [0.25, 0.3) is 0 Å².